The number of sulfonamides is 1. The van der Waals surface area contributed by atoms with Gasteiger partial charge in [-0.3, -0.25) is 14.8 Å². The number of anilines is 2. The quantitative estimate of drug-likeness (QED) is 0.420. The molecule has 22 heavy (non-hydrogen) atoms. The topological polar surface area (TPSA) is 115 Å². The van der Waals surface area contributed by atoms with E-state index in [2.05, 4.69) is 36.6 Å². The second-order valence-corrected chi connectivity index (χ2v) is 7.60. The molecule has 0 bridgehead atoms. The number of nitro groups is 1. The van der Waals surface area contributed by atoms with E-state index in [1.165, 1.54) is 24.3 Å². The van der Waals surface area contributed by atoms with Crippen LogP contribution in [0.4, 0.5) is 17.1 Å². The summed E-state index contributed by atoms with van der Waals surface area (Å²) in [6, 6.07) is 7.63. The molecule has 0 aliphatic heterocycles. The van der Waals surface area contributed by atoms with Gasteiger partial charge in [0.25, 0.3) is 15.7 Å². The maximum atomic E-state index is 12.2. The van der Waals surface area contributed by atoms with Gasteiger partial charge in [-0.05, 0) is 56.1 Å². The van der Waals surface area contributed by atoms with Crippen LogP contribution in [0.3, 0.4) is 0 Å². The van der Waals surface area contributed by atoms with Gasteiger partial charge in [0.2, 0.25) is 0 Å². The first-order chi connectivity index (χ1) is 10.2. The summed E-state index contributed by atoms with van der Waals surface area (Å²) in [4.78, 5) is 9.90. The fourth-order valence-corrected chi connectivity index (χ4v) is 3.83. The first-order valence-corrected chi connectivity index (χ1v) is 8.79. The van der Waals surface area contributed by atoms with Crippen molar-refractivity contribution in [3.05, 3.63) is 55.5 Å². The third kappa shape index (κ3) is 3.57. The van der Waals surface area contributed by atoms with Crippen molar-refractivity contribution in [1.29, 1.82) is 0 Å². The maximum Gasteiger partial charge on any atom is 0.269 e. The van der Waals surface area contributed by atoms with Gasteiger partial charge in [0.15, 0.2) is 0 Å². The number of halogens is 2. The predicted molar refractivity (Wildman–Crippen MR) is 90.2 cm³/mol. The maximum absolute atomic E-state index is 12.2. The highest BCUT2D eigenvalue weighted by atomic mass is 79.9. The Labute approximate surface area is 143 Å². The van der Waals surface area contributed by atoms with Crippen molar-refractivity contribution < 1.29 is 13.3 Å². The Morgan fingerprint density at radius 3 is 2.05 bits per heavy atom. The molecule has 0 aliphatic rings. The second-order valence-electron chi connectivity index (χ2n) is 4.21. The Morgan fingerprint density at radius 1 is 1.09 bits per heavy atom. The Hall–Kier alpha value is -1.65. The average molecular weight is 451 g/mol. The van der Waals surface area contributed by atoms with Crippen LogP contribution in [0.2, 0.25) is 0 Å². The highest BCUT2D eigenvalue weighted by molar-refractivity contribution is 9.11. The van der Waals surface area contributed by atoms with Gasteiger partial charge in [0.05, 0.1) is 21.2 Å². The van der Waals surface area contributed by atoms with Crippen LogP contribution in [0.15, 0.2) is 50.2 Å². The van der Waals surface area contributed by atoms with E-state index in [4.69, 9.17) is 5.73 Å². The zero-order chi connectivity index (χ0) is 16.5. The van der Waals surface area contributed by atoms with Gasteiger partial charge in [0.1, 0.15) is 0 Å². The number of rotatable bonds is 4. The molecule has 10 heteroatoms. The number of nitrogens with two attached hydrogens (primary N) is 1. The summed E-state index contributed by atoms with van der Waals surface area (Å²) in [5, 5.41) is 10.6. The minimum Gasteiger partial charge on any atom is -0.397 e. The lowest BCUT2D eigenvalue weighted by molar-refractivity contribution is -0.384. The zero-order valence-electron chi connectivity index (χ0n) is 10.8. The standard InChI is InChI=1S/C12H9Br2N3O4S/c13-10-5-7(6-11(14)12(10)15)16-22(20,21)9-3-1-8(2-4-9)17(18)19/h1-6,16H,15H2. The molecule has 0 spiro atoms. The first kappa shape index (κ1) is 16.7. The lowest BCUT2D eigenvalue weighted by Crippen LogP contribution is -2.13. The highest BCUT2D eigenvalue weighted by Crippen LogP contribution is 2.32. The summed E-state index contributed by atoms with van der Waals surface area (Å²) in [6.07, 6.45) is 0. The number of hydrogen-bond acceptors (Lipinski definition) is 5. The molecule has 0 atom stereocenters. The molecule has 0 aromatic heterocycles. The molecule has 0 fully saturated rings. The summed E-state index contributed by atoms with van der Waals surface area (Å²) >= 11 is 6.44. The number of nitrogens with zero attached hydrogens (tertiary/aromatic N) is 1. The van der Waals surface area contributed by atoms with Crippen LogP contribution in [0.5, 0.6) is 0 Å². The van der Waals surface area contributed by atoms with Crippen molar-refractivity contribution in [1.82, 2.24) is 0 Å². The fourth-order valence-electron chi connectivity index (χ4n) is 1.60. The van der Waals surface area contributed by atoms with E-state index in [9.17, 15) is 18.5 Å². The molecule has 0 amide bonds. The molecule has 2 rings (SSSR count). The third-order valence-corrected chi connectivity index (χ3v) is 5.40. The largest absolute Gasteiger partial charge is 0.397 e. The lowest BCUT2D eigenvalue weighted by Gasteiger charge is -2.10. The molecule has 0 saturated heterocycles. The van der Waals surface area contributed by atoms with Gasteiger partial charge >= 0.3 is 0 Å². The summed E-state index contributed by atoms with van der Waals surface area (Å²) < 4.78 is 27.9. The van der Waals surface area contributed by atoms with Crippen LogP contribution in [-0.2, 0) is 10.0 Å². The number of nitrogens with one attached hydrogen (secondary N) is 1. The normalized spacial score (nSPS) is 11.2. The zero-order valence-corrected chi connectivity index (χ0v) is 14.8. The molecule has 7 nitrogen and oxygen atoms in total. The Balaban J connectivity index is 2.33. The van der Waals surface area contributed by atoms with Crippen LogP contribution < -0.4 is 10.5 Å². The van der Waals surface area contributed by atoms with Crippen molar-refractivity contribution in [2.75, 3.05) is 10.5 Å². The van der Waals surface area contributed by atoms with Gasteiger partial charge < -0.3 is 5.73 Å². The minimum absolute atomic E-state index is 0.0813. The summed E-state index contributed by atoms with van der Waals surface area (Å²) in [5.41, 5.74) is 6.29. The minimum atomic E-state index is -3.86. The van der Waals surface area contributed by atoms with Gasteiger partial charge in [-0.1, -0.05) is 0 Å². The number of nitrogen functional groups attached to an aromatic ring is 1. The Kier molecular flexibility index (Phi) is 4.73. The molecular formula is C12H9Br2N3O4S. The monoisotopic (exact) mass is 449 g/mol. The second kappa shape index (κ2) is 6.23. The van der Waals surface area contributed by atoms with E-state index in [1.54, 1.807) is 0 Å². The Bertz CT molecular complexity index is 815. The molecule has 0 radical (unpaired) electrons. The van der Waals surface area contributed by atoms with E-state index in [0.717, 1.165) is 12.1 Å². The smallest absolute Gasteiger partial charge is 0.269 e. The molecule has 0 saturated carbocycles. The van der Waals surface area contributed by atoms with Crippen LogP contribution in [-0.4, -0.2) is 13.3 Å². The van der Waals surface area contributed by atoms with Crippen LogP contribution in [0.25, 0.3) is 0 Å². The van der Waals surface area contributed by atoms with Crippen molar-refractivity contribution >= 4 is 58.9 Å². The van der Waals surface area contributed by atoms with Crippen molar-refractivity contribution in [2.24, 2.45) is 0 Å². The fraction of sp³-hybridized carbons (Fsp3) is 0. The van der Waals surface area contributed by atoms with Crippen LogP contribution in [0.1, 0.15) is 0 Å². The average Bonchev–Trinajstić information content (AvgIpc) is 2.44. The number of non-ortho nitro benzene ring substituents is 1. The van der Waals surface area contributed by atoms with E-state index < -0.39 is 14.9 Å². The first-order valence-electron chi connectivity index (χ1n) is 5.72. The summed E-state index contributed by atoms with van der Waals surface area (Å²) in [5.74, 6) is 0. The van der Waals surface area contributed by atoms with E-state index in [0.29, 0.717) is 20.3 Å². The molecule has 116 valence electrons. The third-order valence-electron chi connectivity index (χ3n) is 2.69. The summed E-state index contributed by atoms with van der Waals surface area (Å²) in [6.45, 7) is 0. The SMILES string of the molecule is Nc1c(Br)cc(NS(=O)(=O)c2ccc([N+](=O)[O-])cc2)cc1Br. The van der Waals surface area contributed by atoms with Crippen molar-refractivity contribution in [2.45, 2.75) is 4.90 Å². The van der Waals surface area contributed by atoms with Crippen molar-refractivity contribution in [3.8, 4) is 0 Å². The van der Waals surface area contributed by atoms with E-state index in [-0.39, 0.29) is 10.6 Å². The highest BCUT2D eigenvalue weighted by Gasteiger charge is 2.17. The molecular weight excluding hydrogens is 442 g/mol. The Morgan fingerprint density at radius 2 is 1.59 bits per heavy atom. The van der Waals surface area contributed by atoms with E-state index in [1.807, 2.05) is 0 Å². The van der Waals surface area contributed by atoms with Gasteiger partial charge in [0, 0.05) is 21.1 Å². The molecule has 2 aromatic rings. The van der Waals surface area contributed by atoms with Crippen molar-refractivity contribution in [3.63, 3.8) is 0 Å². The number of nitro benzene ring substituents is 1. The van der Waals surface area contributed by atoms with Gasteiger partial charge in [-0.2, -0.15) is 0 Å². The number of benzene rings is 2. The van der Waals surface area contributed by atoms with Gasteiger partial charge in [-0.25, -0.2) is 8.42 Å². The number of hydrogen-bond donors (Lipinski definition) is 2. The van der Waals surface area contributed by atoms with Gasteiger partial charge in [-0.15, -0.1) is 0 Å². The molecule has 0 heterocycles. The molecule has 0 unspecified atom stereocenters. The molecule has 0 aliphatic carbocycles. The van der Waals surface area contributed by atoms with Crippen LogP contribution in [0, 0.1) is 10.1 Å². The predicted octanol–water partition coefficient (Wildman–Crippen LogP) is 3.50. The summed E-state index contributed by atoms with van der Waals surface area (Å²) in [7, 11) is -3.86. The molecule has 2 aromatic carbocycles. The molecule has 3 N–H and O–H groups in total. The van der Waals surface area contributed by atoms with Crippen LogP contribution >= 0.6 is 31.9 Å². The van der Waals surface area contributed by atoms with E-state index >= 15 is 0 Å². The lowest BCUT2D eigenvalue weighted by atomic mass is 10.3.